The van der Waals surface area contributed by atoms with Crippen LogP contribution >= 0.6 is 23.4 Å². The van der Waals surface area contributed by atoms with Crippen LogP contribution in [0.3, 0.4) is 0 Å². The molecule has 2 amide bonds. The number of carbonyl (C=O) groups excluding carboxylic acids is 2. The van der Waals surface area contributed by atoms with E-state index in [9.17, 15) is 27.9 Å². The van der Waals surface area contributed by atoms with Gasteiger partial charge in [0.15, 0.2) is 0 Å². The number of halogens is 4. The lowest BCUT2D eigenvalue weighted by Gasteiger charge is -2.36. The minimum Gasteiger partial charge on any atom is -0.396 e. The fraction of sp³-hybridized carbons (Fsp3) is 0.323. The molecule has 45 heavy (non-hydrogen) atoms. The topological polar surface area (TPSA) is 118 Å². The summed E-state index contributed by atoms with van der Waals surface area (Å²) in [5, 5.41) is 24.5. The summed E-state index contributed by atoms with van der Waals surface area (Å²) in [5.41, 5.74) is 3.76. The third-order valence-electron chi connectivity index (χ3n) is 7.02. The van der Waals surface area contributed by atoms with E-state index in [0.717, 1.165) is 42.7 Å². The highest BCUT2D eigenvalue weighted by atomic mass is 35.5. The number of thioether (sulfide) groups is 1. The lowest BCUT2D eigenvalue weighted by atomic mass is 10.1. The van der Waals surface area contributed by atoms with Gasteiger partial charge in [0.1, 0.15) is 0 Å². The molecule has 4 N–H and O–H groups in total. The van der Waals surface area contributed by atoms with E-state index in [-0.39, 0.29) is 30.0 Å². The van der Waals surface area contributed by atoms with Gasteiger partial charge in [-0.25, -0.2) is 5.43 Å². The number of anilines is 2. The average molecular weight is 664 g/mol. The van der Waals surface area contributed by atoms with E-state index in [2.05, 4.69) is 25.6 Å². The number of amides is 2. The SMILES string of the molecule is O=C(Nc1ccc(N2CCN(CCO)CC2)cc1C(=O)N/N=C\c1ccc(Cl)c(C(F)(F)F)c1)c1cccc(CSCCO)c1. The van der Waals surface area contributed by atoms with E-state index < -0.39 is 28.6 Å². The summed E-state index contributed by atoms with van der Waals surface area (Å²) in [6.07, 6.45) is -3.58. The largest absolute Gasteiger partial charge is 0.417 e. The van der Waals surface area contributed by atoms with Crippen LogP contribution in [0.1, 0.15) is 37.4 Å². The summed E-state index contributed by atoms with van der Waals surface area (Å²) in [4.78, 5) is 30.8. The van der Waals surface area contributed by atoms with E-state index >= 15 is 0 Å². The Bertz CT molecular complexity index is 1520. The molecule has 0 aromatic heterocycles. The van der Waals surface area contributed by atoms with Crippen LogP contribution in [-0.2, 0) is 11.9 Å². The van der Waals surface area contributed by atoms with Crippen molar-refractivity contribution < 1.29 is 33.0 Å². The summed E-state index contributed by atoms with van der Waals surface area (Å²) in [5.74, 6) is 0.0715. The first kappa shape index (κ1) is 34.3. The Morgan fingerprint density at radius 1 is 0.978 bits per heavy atom. The summed E-state index contributed by atoms with van der Waals surface area (Å²) in [7, 11) is 0. The molecule has 0 saturated carbocycles. The molecule has 0 bridgehead atoms. The van der Waals surface area contributed by atoms with Crippen molar-refractivity contribution in [2.75, 3.05) is 61.9 Å². The van der Waals surface area contributed by atoms with Crippen LogP contribution in [0.5, 0.6) is 0 Å². The minimum absolute atomic E-state index is 0.0579. The first-order valence-corrected chi connectivity index (χ1v) is 15.6. The zero-order chi connectivity index (χ0) is 32.4. The van der Waals surface area contributed by atoms with Crippen LogP contribution in [0, 0.1) is 0 Å². The van der Waals surface area contributed by atoms with Crippen molar-refractivity contribution in [1.82, 2.24) is 10.3 Å². The summed E-state index contributed by atoms with van der Waals surface area (Å²) in [6, 6.07) is 15.4. The van der Waals surface area contributed by atoms with E-state index in [1.807, 2.05) is 6.07 Å². The second kappa shape index (κ2) is 16.1. The Morgan fingerprint density at radius 3 is 2.47 bits per heavy atom. The molecular formula is C31H33ClF3N5O4S. The second-order valence-electron chi connectivity index (χ2n) is 10.1. The second-order valence-corrected chi connectivity index (χ2v) is 11.7. The molecule has 9 nitrogen and oxygen atoms in total. The van der Waals surface area contributed by atoms with Crippen LogP contribution in [0.15, 0.2) is 65.8 Å². The van der Waals surface area contributed by atoms with E-state index in [0.29, 0.717) is 36.7 Å². The standard InChI is InChI=1S/C31H33ClF3N5O4S/c32-27-6-4-21(17-26(27)31(33,34)35)19-36-38-30(44)25-18-24(40-10-8-39(9-11-40)12-13-41)5-7-28(25)37-29(43)23-3-1-2-22(16-23)20-45-15-14-42/h1-7,16-19,41-42H,8-15,20H2,(H,37,43)(H,38,44)/b36-19-. The maximum atomic E-state index is 13.4. The van der Waals surface area contributed by atoms with Crippen molar-refractivity contribution in [1.29, 1.82) is 0 Å². The highest BCUT2D eigenvalue weighted by Gasteiger charge is 2.33. The Labute approximate surface area is 268 Å². The van der Waals surface area contributed by atoms with Gasteiger partial charge in [-0.3, -0.25) is 14.5 Å². The normalized spacial score (nSPS) is 14.1. The van der Waals surface area contributed by atoms with Crippen LogP contribution in [-0.4, -0.2) is 84.8 Å². The average Bonchev–Trinajstić information content (AvgIpc) is 3.02. The molecule has 1 saturated heterocycles. The van der Waals surface area contributed by atoms with Crippen molar-refractivity contribution in [3.8, 4) is 0 Å². The van der Waals surface area contributed by atoms with E-state index in [1.54, 1.807) is 36.4 Å². The van der Waals surface area contributed by atoms with Gasteiger partial charge in [-0.05, 0) is 53.6 Å². The number of β-amino-alcohol motifs (C(OH)–C–C–N with tert-alkyl or cyclic N) is 1. The highest BCUT2D eigenvalue weighted by molar-refractivity contribution is 7.98. The molecule has 1 aliphatic rings. The Morgan fingerprint density at radius 2 is 1.76 bits per heavy atom. The van der Waals surface area contributed by atoms with Crippen LogP contribution in [0.2, 0.25) is 5.02 Å². The molecule has 0 radical (unpaired) electrons. The van der Waals surface area contributed by atoms with Crippen molar-refractivity contribution in [2.24, 2.45) is 5.10 Å². The number of benzene rings is 3. The zero-order valence-corrected chi connectivity index (χ0v) is 25.8. The molecule has 3 aromatic carbocycles. The van der Waals surface area contributed by atoms with Crippen molar-refractivity contribution in [3.63, 3.8) is 0 Å². The number of hydrazone groups is 1. The van der Waals surface area contributed by atoms with Crippen molar-refractivity contribution in [3.05, 3.63) is 93.5 Å². The van der Waals surface area contributed by atoms with Gasteiger partial charge < -0.3 is 20.4 Å². The number of aliphatic hydroxyl groups is 2. The third-order valence-corrected chi connectivity index (χ3v) is 8.36. The number of aliphatic hydroxyl groups excluding tert-OH is 2. The van der Waals surface area contributed by atoms with Crippen LogP contribution in [0.25, 0.3) is 0 Å². The van der Waals surface area contributed by atoms with Gasteiger partial charge >= 0.3 is 6.18 Å². The van der Waals surface area contributed by atoms with Crippen LogP contribution in [0.4, 0.5) is 24.5 Å². The predicted octanol–water partition coefficient (Wildman–Crippen LogP) is 4.71. The van der Waals surface area contributed by atoms with Crippen molar-refractivity contribution in [2.45, 2.75) is 11.9 Å². The smallest absolute Gasteiger partial charge is 0.396 e. The van der Waals surface area contributed by atoms with E-state index in [4.69, 9.17) is 16.7 Å². The highest BCUT2D eigenvalue weighted by Crippen LogP contribution is 2.35. The summed E-state index contributed by atoms with van der Waals surface area (Å²) < 4.78 is 39.8. The number of hydrogen-bond donors (Lipinski definition) is 4. The van der Waals surface area contributed by atoms with Gasteiger partial charge in [-0.2, -0.15) is 30.0 Å². The number of rotatable bonds is 12. The molecule has 0 aliphatic carbocycles. The summed E-state index contributed by atoms with van der Waals surface area (Å²) in [6.45, 7) is 3.45. The molecule has 1 heterocycles. The molecule has 240 valence electrons. The maximum Gasteiger partial charge on any atom is 0.417 e. The number of hydrogen-bond acceptors (Lipinski definition) is 8. The molecule has 1 fully saturated rings. The first-order valence-electron chi connectivity index (χ1n) is 14.1. The summed E-state index contributed by atoms with van der Waals surface area (Å²) >= 11 is 7.22. The molecule has 0 unspecified atom stereocenters. The number of nitrogens with zero attached hydrogens (tertiary/aromatic N) is 3. The van der Waals surface area contributed by atoms with Gasteiger partial charge in [0.25, 0.3) is 11.8 Å². The predicted molar refractivity (Wildman–Crippen MR) is 171 cm³/mol. The fourth-order valence-electron chi connectivity index (χ4n) is 4.71. The first-order chi connectivity index (χ1) is 21.6. The minimum atomic E-state index is -4.65. The lowest BCUT2D eigenvalue weighted by Crippen LogP contribution is -2.47. The Kier molecular flexibility index (Phi) is 12.3. The van der Waals surface area contributed by atoms with E-state index in [1.165, 1.54) is 17.8 Å². The molecule has 0 atom stereocenters. The van der Waals surface area contributed by atoms with Gasteiger partial charge in [0.05, 0.1) is 41.3 Å². The molecule has 1 aliphatic heterocycles. The number of alkyl halides is 3. The lowest BCUT2D eigenvalue weighted by molar-refractivity contribution is -0.137. The van der Waals surface area contributed by atoms with Gasteiger partial charge in [-0.15, -0.1) is 0 Å². The number of nitrogens with one attached hydrogen (secondary N) is 2. The molecule has 4 rings (SSSR count). The maximum absolute atomic E-state index is 13.4. The Hall–Kier alpha value is -3.62. The van der Waals surface area contributed by atoms with Gasteiger partial charge in [0, 0.05) is 55.5 Å². The van der Waals surface area contributed by atoms with Crippen molar-refractivity contribution >= 4 is 52.8 Å². The third kappa shape index (κ3) is 9.68. The molecule has 3 aromatic rings. The molecule has 0 spiro atoms. The molecular weight excluding hydrogens is 631 g/mol. The van der Waals surface area contributed by atoms with Gasteiger partial charge in [0.2, 0.25) is 0 Å². The fourth-order valence-corrected chi connectivity index (χ4v) is 5.63. The van der Waals surface area contributed by atoms with Crippen LogP contribution < -0.4 is 15.6 Å². The zero-order valence-electron chi connectivity index (χ0n) is 24.2. The monoisotopic (exact) mass is 663 g/mol. The van der Waals surface area contributed by atoms with Gasteiger partial charge in [-0.1, -0.05) is 29.8 Å². The number of piperazine rings is 1. The number of carbonyl (C=O) groups is 2. The Balaban J connectivity index is 1.56. The quantitative estimate of drug-likeness (QED) is 0.126. The molecule has 14 heteroatoms.